The Morgan fingerprint density at radius 2 is 1.36 bits per heavy atom. The SMILES string of the molecule is O=C(O)CC(NC(=O)c1cc(Br)ccc1OCCCCc1ccccc1)c1ccc(-c2ccc(Oc3ccccc3)cc2)cc1. The number of amides is 1. The Kier molecular flexibility index (Phi) is 11.0. The lowest BCUT2D eigenvalue weighted by Gasteiger charge is -2.19. The number of para-hydroxylation sites is 1. The molecule has 0 aromatic heterocycles. The van der Waals surface area contributed by atoms with E-state index in [0.29, 0.717) is 23.5 Å². The third-order valence-electron chi connectivity index (χ3n) is 7.31. The number of halogens is 1. The molecule has 1 unspecified atom stereocenters. The number of carbonyl (C=O) groups is 2. The van der Waals surface area contributed by atoms with Gasteiger partial charge in [-0.25, -0.2) is 0 Å². The highest BCUT2D eigenvalue weighted by Gasteiger charge is 2.22. The van der Waals surface area contributed by atoms with Crippen molar-refractivity contribution in [2.24, 2.45) is 0 Å². The van der Waals surface area contributed by atoms with Crippen LogP contribution in [-0.4, -0.2) is 23.6 Å². The zero-order valence-corrected chi connectivity index (χ0v) is 26.3. The number of carboxylic acids is 1. The molecule has 0 aliphatic rings. The Morgan fingerprint density at radius 1 is 0.733 bits per heavy atom. The van der Waals surface area contributed by atoms with Crippen LogP contribution in [0.5, 0.6) is 17.2 Å². The maximum Gasteiger partial charge on any atom is 0.305 e. The number of benzene rings is 5. The summed E-state index contributed by atoms with van der Waals surface area (Å²) in [4.78, 5) is 25.3. The topological polar surface area (TPSA) is 84.9 Å². The molecule has 5 rings (SSSR count). The van der Waals surface area contributed by atoms with Crippen LogP contribution in [0.3, 0.4) is 0 Å². The van der Waals surface area contributed by atoms with Crippen molar-refractivity contribution in [3.05, 3.63) is 149 Å². The first-order chi connectivity index (χ1) is 21.9. The molecule has 228 valence electrons. The van der Waals surface area contributed by atoms with Crippen molar-refractivity contribution < 1.29 is 24.2 Å². The number of carboxylic acid groups (broad SMARTS) is 1. The molecular formula is C38H34BrNO5. The van der Waals surface area contributed by atoms with E-state index in [1.165, 1.54) is 5.56 Å². The third kappa shape index (κ3) is 9.30. The number of aliphatic carboxylic acids is 1. The van der Waals surface area contributed by atoms with E-state index in [2.05, 4.69) is 33.4 Å². The summed E-state index contributed by atoms with van der Waals surface area (Å²) in [5.41, 5.74) is 4.26. The van der Waals surface area contributed by atoms with Crippen LogP contribution >= 0.6 is 15.9 Å². The van der Waals surface area contributed by atoms with E-state index in [9.17, 15) is 14.7 Å². The average Bonchev–Trinajstić information content (AvgIpc) is 3.06. The molecule has 5 aromatic carbocycles. The summed E-state index contributed by atoms with van der Waals surface area (Å²) < 4.78 is 12.6. The maximum absolute atomic E-state index is 13.5. The van der Waals surface area contributed by atoms with Crippen molar-refractivity contribution in [3.63, 3.8) is 0 Å². The van der Waals surface area contributed by atoms with Gasteiger partial charge in [-0.1, -0.05) is 101 Å². The number of carbonyl (C=O) groups excluding carboxylic acids is 1. The average molecular weight is 665 g/mol. The number of nitrogens with one attached hydrogen (secondary N) is 1. The van der Waals surface area contributed by atoms with Gasteiger partial charge in [0.25, 0.3) is 5.91 Å². The minimum atomic E-state index is -1.01. The van der Waals surface area contributed by atoms with Crippen LogP contribution in [0.25, 0.3) is 11.1 Å². The Bertz CT molecular complexity index is 1690. The van der Waals surface area contributed by atoms with Crippen LogP contribution in [0.2, 0.25) is 0 Å². The lowest BCUT2D eigenvalue weighted by atomic mass is 9.98. The molecule has 6 nitrogen and oxygen atoms in total. The van der Waals surface area contributed by atoms with Crippen LogP contribution in [0.15, 0.2) is 132 Å². The molecule has 2 N–H and O–H groups in total. The van der Waals surface area contributed by atoms with Gasteiger partial charge in [0.1, 0.15) is 17.2 Å². The fraction of sp³-hybridized carbons (Fsp3) is 0.158. The first-order valence-electron chi connectivity index (χ1n) is 14.9. The Hall–Kier alpha value is -4.88. The van der Waals surface area contributed by atoms with Gasteiger partial charge < -0.3 is 19.9 Å². The summed E-state index contributed by atoms with van der Waals surface area (Å²) in [6.45, 7) is 0.466. The summed E-state index contributed by atoms with van der Waals surface area (Å²) in [5.74, 6) is 0.539. The molecule has 1 amide bonds. The second-order valence-corrected chi connectivity index (χ2v) is 11.5. The van der Waals surface area contributed by atoms with Gasteiger partial charge in [0.2, 0.25) is 0 Å². The predicted octanol–water partition coefficient (Wildman–Crippen LogP) is 9.26. The maximum atomic E-state index is 13.5. The second kappa shape index (κ2) is 15.7. The van der Waals surface area contributed by atoms with E-state index in [4.69, 9.17) is 9.47 Å². The first-order valence-corrected chi connectivity index (χ1v) is 15.7. The third-order valence-corrected chi connectivity index (χ3v) is 7.80. The predicted molar refractivity (Wildman–Crippen MR) is 180 cm³/mol. The molecule has 0 aliphatic carbocycles. The zero-order chi connectivity index (χ0) is 31.4. The lowest BCUT2D eigenvalue weighted by Crippen LogP contribution is -2.30. The normalized spacial score (nSPS) is 11.4. The number of ether oxygens (including phenoxy) is 2. The highest BCUT2D eigenvalue weighted by molar-refractivity contribution is 9.10. The van der Waals surface area contributed by atoms with Crippen LogP contribution in [0.1, 0.15) is 46.8 Å². The summed E-state index contributed by atoms with van der Waals surface area (Å²) in [6.07, 6.45) is 2.49. The molecule has 0 bridgehead atoms. The van der Waals surface area contributed by atoms with Crippen LogP contribution < -0.4 is 14.8 Å². The fourth-order valence-corrected chi connectivity index (χ4v) is 5.34. The van der Waals surface area contributed by atoms with Crippen molar-refractivity contribution in [3.8, 4) is 28.4 Å². The molecule has 0 radical (unpaired) electrons. The Labute approximate surface area is 271 Å². The quantitative estimate of drug-likeness (QED) is 0.116. The number of unbranched alkanes of at least 4 members (excludes halogenated alkanes) is 1. The van der Waals surface area contributed by atoms with Crippen LogP contribution in [0, 0.1) is 0 Å². The highest BCUT2D eigenvalue weighted by Crippen LogP contribution is 2.29. The van der Waals surface area contributed by atoms with Gasteiger partial charge in [-0.3, -0.25) is 9.59 Å². The molecule has 0 saturated carbocycles. The van der Waals surface area contributed by atoms with Crippen LogP contribution in [-0.2, 0) is 11.2 Å². The van der Waals surface area contributed by atoms with E-state index in [1.54, 1.807) is 12.1 Å². The van der Waals surface area contributed by atoms with Gasteiger partial charge in [-0.2, -0.15) is 0 Å². The molecule has 0 spiro atoms. The standard InChI is InChI=1S/C38H34BrNO5/c39-31-20-23-36(44-24-8-7-11-27-9-3-1-4-10-27)34(25-31)38(43)40-35(26-37(41)42)30-16-14-28(15-17-30)29-18-21-33(22-19-29)45-32-12-5-2-6-13-32/h1-6,9-10,12-23,25,35H,7-8,11,24,26H2,(H,40,43)(H,41,42). The smallest absolute Gasteiger partial charge is 0.305 e. The number of aryl methyl sites for hydroxylation is 1. The minimum absolute atomic E-state index is 0.264. The van der Waals surface area contributed by atoms with Gasteiger partial charge in [0.15, 0.2) is 0 Å². The number of hydrogen-bond donors (Lipinski definition) is 2. The Morgan fingerprint density at radius 3 is 2.02 bits per heavy atom. The van der Waals surface area contributed by atoms with E-state index < -0.39 is 17.9 Å². The molecule has 45 heavy (non-hydrogen) atoms. The van der Waals surface area contributed by atoms with Gasteiger partial charge in [0.05, 0.1) is 24.6 Å². The molecule has 1 atom stereocenters. The molecule has 0 aliphatic heterocycles. The summed E-state index contributed by atoms with van der Waals surface area (Å²) in [7, 11) is 0. The summed E-state index contributed by atoms with van der Waals surface area (Å²) in [5, 5.41) is 12.6. The minimum Gasteiger partial charge on any atom is -0.493 e. The van der Waals surface area contributed by atoms with Gasteiger partial charge in [-0.05, 0) is 84.0 Å². The van der Waals surface area contributed by atoms with E-state index in [-0.39, 0.29) is 6.42 Å². The van der Waals surface area contributed by atoms with Crippen LogP contribution in [0.4, 0.5) is 0 Å². The molecule has 7 heteroatoms. The summed E-state index contributed by atoms with van der Waals surface area (Å²) in [6, 6.07) is 39.7. The van der Waals surface area contributed by atoms with Crippen molar-refractivity contribution >= 4 is 27.8 Å². The van der Waals surface area contributed by atoms with E-state index >= 15 is 0 Å². The second-order valence-electron chi connectivity index (χ2n) is 10.6. The summed E-state index contributed by atoms with van der Waals surface area (Å²) >= 11 is 3.45. The fourth-order valence-electron chi connectivity index (χ4n) is 4.97. The van der Waals surface area contributed by atoms with Crippen molar-refractivity contribution in [2.75, 3.05) is 6.61 Å². The molecule has 0 fully saturated rings. The molecule has 5 aromatic rings. The van der Waals surface area contributed by atoms with Crippen molar-refractivity contribution in [1.29, 1.82) is 0 Å². The highest BCUT2D eigenvalue weighted by atomic mass is 79.9. The van der Waals surface area contributed by atoms with Gasteiger partial charge in [0, 0.05) is 4.47 Å². The molecule has 0 heterocycles. The monoisotopic (exact) mass is 663 g/mol. The van der Waals surface area contributed by atoms with E-state index in [0.717, 1.165) is 46.4 Å². The lowest BCUT2D eigenvalue weighted by molar-refractivity contribution is -0.137. The number of rotatable bonds is 14. The molecule has 0 saturated heterocycles. The van der Waals surface area contributed by atoms with Crippen molar-refractivity contribution in [2.45, 2.75) is 31.7 Å². The largest absolute Gasteiger partial charge is 0.493 e. The molecular weight excluding hydrogens is 630 g/mol. The first kappa shape index (κ1) is 31.5. The number of hydrogen-bond acceptors (Lipinski definition) is 4. The van der Waals surface area contributed by atoms with Gasteiger partial charge >= 0.3 is 5.97 Å². The Balaban J connectivity index is 1.23. The van der Waals surface area contributed by atoms with E-state index in [1.807, 2.05) is 103 Å². The zero-order valence-electron chi connectivity index (χ0n) is 24.7. The van der Waals surface area contributed by atoms with Gasteiger partial charge in [-0.15, -0.1) is 0 Å². The van der Waals surface area contributed by atoms with Crippen molar-refractivity contribution in [1.82, 2.24) is 5.32 Å².